The maximum atomic E-state index is 5.55. The second-order valence-electron chi connectivity index (χ2n) is 1.42. The molecule has 0 aliphatic carbocycles. The highest BCUT2D eigenvalue weighted by Gasteiger charge is 1.97. The number of hydrogen-bond acceptors (Lipinski definition) is 1. The molecule has 1 aliphatic rings. The molecule has 0 spiro atoms. The fraction of sp³-hybridized carbons (Fsp3) is 0.750. The van der Waals surface area contributed by atoms with E-state index >= 15 is 0 Å². The number of rotatable bonds is 1. The van der Waals surface area contributed by atoms with Gasteiger partial charge in [-0.2, -0.15) is 10.5 Å². The highest BCUT2D eigenvalue weighted by atomic mass is 35.5. The van der Waals surface area contributed by atoms with Crippen LogP contribution in [0.15, 0.2) is 0 Å². The summed E-state index contributed by atoms with van der Waals surface area (Å²) >= 11 is 5.55. The maximum absolute atomic E-state index is 5.55. The van der Waals surface area contributed by atoms with Gasteiger partial charge in [0.2, 0.25) is 0 Å². The molecule has 42 valence electrons. The maximum Gasteiger partial charge on any atom is 0.0640 e. The van der Waals surface area contributed by atoms with E-state index in [1.165, 1.54) is 5.75 Å². The van der Waals surface area contributed by atoms with E-state index in [4.69, 9.17) is 11.6 Å². The zero-order valence-electron chi connectivity index (χ0n) is 3.98. The molecule has 0 aromatic carbocycles. The van der Waals surface area contributed by atoms with Gasteiger partial charge in [0.05, 0.1) is 5.21 Å². The highest BCUT2D eigenvalue weighted by molar-refractivity contribution is 8.16. The summed E-state index contributed by atoms with van der Waals surface area (Å²) in [4.78, 5) is 0. The second-order valence-corrected chi connectivity index (χ2v) is 4.01. The third-order valence-electron chi connectivity index (χ3n) is 0.899. The van der Waals surface area contributed by atoms with E-state index < -0.39 is 0 Å². The van der Waals surface area contributed by atoms with Gasteiger partial charge in [-0.05, 0) is 0 Å². The number of alkyl halides is 1. The van der Waals surface area contributed by atoms with Crippen LogP contribution >= 0.6 is 22.1 Å². The van der Waals surface area contributed by atoms with Gasteiger partial charge in [0.15, 0.2) is 0 Å². The Morgan fingerprint density at radius 3 is 3.00 bits per heavy atom. The van der Waals surface area contributed by atoms with Crippen LogP contribution in [0, 0.1) is 0 Å². The third kappa shape index (κ3) is 1.44. The number of halogens is 1. The molecule has 3 heteroatoms. The smallest absolute Gasteiger partial charge is 0.0640 e. The van der Waals surface area contributed by atoms with Crippen LogP contribution in [0.1, 0.15) is 0 Å². The Hall–Kier alpha value is 0.470. The van der Waals surface area contributed by atoms with Crippen LogP contribution in [0.2, 0.25) is 0 Å². The summed E-state index contributed by atoms with van der Waals surface area (Å²) in [6.07, 6.45) is 0. The Bertz CT molecular complexity index is 91.7. The Morgan fingerprint density at radius 2 is 2.71 bits per heavy atom. The van der Waals surface area contributed by atoms with Crippen LogP contribution in [0.3, 0.4) is 0 Å². The Balaban J connectivity index is 2.36. The molecule has 0 radical (unpaired) electrons. The van der Waals surface area contributed by atoms with E-state index in [-0.39, 0.29) is 0 Å². The van der Waals surface area contributed by atoms with Crippen molar-refractivity contribution in [2.45, 2.75) is 0 Å². The average Bonchev–Trinajstić information content (AvgIpc) is 2.14. The molecular formula is C4H8ClNS. The topological polar surface area (TPSA) is 12.0 Å². The van der Waals surface area contributed by atoms with Crippen LogP contribution < -0.4 is 5.32 Å². The average molecular weight is 138 g/mol. The van der Waals surface area contributed by atoms with Gasteiger partial charge >= 0.3 is 0 Å². The van der Waals surface area contributed by atoms with E-state index in [2.05, 4.69) is 10.8 Å². The first kappa shape index (κ1) is 5.60. The molecule has 0 bridgehead atoms. The molecule has 7 heavy (non-hydrogen) atoms. The minimum Gasteiger partial charge on any atom is -0.289 e. The van der Waals surface area contributed by atoms with E-state index in [9.17, 15) is 0 Å². The van der Waals surface area contributed by atoms with E-state index in [0.717, 1.165) is 11.8 Å². The molecule has 0 saturated heterocycles. The second kappa shape index (κ2) is 2.70. The number of hydrogen-bond donors (Lipinski definition) is 1. The molecule has 1 N–H and O–H groups in total. The van der Waals surface area contributed by atoms with Gasteiger partial charge < -0.3 is 0 Å². The third-order valence-corrected chi connectivity index (χ3v) is 3.25. The lowest BCUT2D eigenvalue weighted by atomic mass is 10.8. The van der Waals surface area contributed by atoms with Gasteiger partial charge in [-0.1, -0.05) is 0 Å². The van der Waals surface area contributed by atoms with Gasteiger partial charge in [-0.3, -0.25) is 5.32 Å². The molecule has 1 heterocycles. The van der Waals surface area contributed by atoms with Crippen molar-refractivity contribution in [1.29, 1.82) is 0 Å². The van der Waals surface area contributed by atoms with Crippen molar-refractivity contribution in [1.82, 2.24) is 5.32 Å². The van der Waals surface area contributed by atoms with E-state index in [1.54, 1.807) is 0 Å². The van der Waals surface area contributed by atoms with E-state index in [1.807, 2.05) is 0 Å². The molecule has 1 nitrogen and oxygen atoms in total. The van der Waals surface area contributed by atoms with Crippen LogP contribution in [0.5, 0.6) is 0 Å². The fourth-order valence-electron chi connectivity index (χ4n) is 0.512. The molecule has 0 fully saturated rings. The molecule has 1 unspecified atom stereocenters. The lowest BCUT2D eigenvalue weighted by Crippen LogP contribution is -2.04. The molecule has 0 amide bonds. The van der Waals surface area contributed by atoms with Crippen molar-refractivity contribution in [3.63, 3.8) is 0 Å². The molecule has 0 aromatic rings. The standard InChI is InChI=1S/C4H8ClNS/c5-3-7-2-1-6-4-7/h4,6H,1-3H2. The first-order valence-electron chi connectivity index (χ1n) is 2.22. The quantitative estimate of drug-likeness (QED) is 0.417. The first-order chi connectivity index (χ1) is 3.43. The molecule has 1 aliphatic heterocycles. The Labute approximate surface area is 51.0 Å². The van der Waals surface area contributed by atoms with Gasteiger partial charge in [-0.15, -0.1) is 11.6 Å². The predicted molar refractivity (Wildman–Crippen MR) is 37.2 cm³/mol. The van der Waals surface area contributed by atoms with Gasteiger partial charge in [0.1, 0.15) is 0 Å². The lowest BCUT2D eigenvalue weighted by Gasteiger charge is -1.88. The van der Waals surface area contributed by atoms with Crippen molar-refractivity contribution in [3.8, 4) is 0 Å². The summed E-state index contributed by atoms with van der Waals surface area (Å²) in [5.74, 6) is 1.24. The van der Waals surface area contributed by atoms with Gasteiger partial charge in [-0.25, -0.2) is 0 Å². The summed E-state index contributed by atoms with van der Waals surface area (Å²) in [6.45, 7) is 1.12. The van der Waals surface area contributed by atoms with Gasteiger partial charge in [0.25, 0.3) is 0 Å². The van der Waals surface area contributed by atoms with Crippen molar-refractivity contribution < 1.29 is 0 Å². The molecule has 1 rings (SSSR count). The van der Waals surface area contributed by atoms with Crippen LogP contribution in [0.4, 0.5) is 0 Å². The summed E-state index contributed by atoms with van der Waals surface area (Å²) in [6, 6.07) is 0. The minimum absolute atomic E-state index is 0.395. The molecular weight excluding hydrogens is 130 g/mol. The minimum atomic E-state index is 0.395. The largest absolute Gasteiger partial charge is 0.289 e. The SMILES string of the molecule is ClCS1=CNCC1. The summed E-state index contributed by atoms with van der Waals surface area (Å²) in [5, 5.41) is 3.92. The highest BCUT2D eigenvalue weighted by Crippen LogP contribution is 2.13. The molecule has 0 saturated carbocycles. The Kier molecular flexibility index (Phi) is 2.16. The zero-order chi connectivity index (χ0) is 5.11. The first-order valence-corrected chi connectivity index (χ1v) is 4.38. The zero-order valence-corrected chi connectivity index (χ0v) is 5.56. The van der Waals surface area contributed by atoms with Crippen molar-refractivity contribution in [2.75, 3.05) is 17.5 Å². The monoisotopic (exact) mass is 137 g/mol. The van der Waals surface area contributed by atoms with Crippen molar-refractivity contribution >= 4 is 27.6 Å². The summed E-state index contributed by atoms with van der Waals surface area (Å²) < 4.78 is 0. The van der Waals surface area contributed by atoms with E-state index in [0.29, 0.717) is 10.5 Å². The van der Waals surface area contributed by atoms with Crippen LogP contribution in [0.25, 0.3) is 0 Å². The Morgan fingerprint density at radius 1 is 1.86 bits per heavy atom. The lowest BCUT2D eigenvalue weighted by molar-refractivity contribution is 1.03. The van der Waals surface area contributed by atoms with Gasteiger partial charge in [0, 0.05) is 17.8 Å². The van der Waals surface area contributed by atoms with Crippen molar-refractivity contribution in [3.05, 3.63) is 0 Å². The fourth-order valence-corrected chi connectivity index (χ4v) is 2.05. The van der Waals surface area contributed by atoms with Crippen LogP contribution in [-0.2, 0) is 0 Å². The predicted octanol–water partition coefficient (Wildman–Crippen LogP) is 0.814. The molecule has 0 aromatic heterocycles. The molecule has 1 atom stereocenters. The summed E-state index contributed by atoms with van der Waals surface area (Å²) in [7, 11) is 0.395. The number of nitrogens with one attached hydrogen (secondary N) is 1. The summed E-state index contributed by atoms with van der Waals surface area (Å²) in [5.41, 5.74) is 2.10. The van der Waals surface area contributed by atoms with Crippen LogP contribution in [-0.4, -0.2) is 23.0 Å². The normalized spacial score (nSPS) is 30.1. The van der Waals surface area contributed by atoms with Crippen molar-refractivity contribution in [2.24, 2.45) is 0 Å².